The van der Waals surface area contributed by atoms with E-state index in [-0.39, 0.29) is 11.3 Å². The van der Waals surface area contributed by atoms with Crippen LogP contribution in [0.4, 0.5) is 8.78 Å². The Kier molecular flexibility index (Phi) is 4.53. The predicted molar refractivity (Wildman–Crippen MR) is 77.3 cm³/mol. The van der Waals surface area contributed by atoms with E-state index in [1.807, 2.05) is 0 Å². The fraction of sp³-hybridized carbons (Fsp3) is 0.312. The molecule has 1 aromatic carbocycles. The first-order valence-corrected chi connectivity index (χ1v) is 6.66. The molecule has 0 saturated carbocycles. The number of nitrogens with one attached hydrogen (secondary N) is 1. The Hall–Kier alpha value is -2.01. The van der Waals surface area contributed by atoms with Crippen LogP contribution < -0.4 is 10.1 Å². The third-order valence-corrected chi connectivity index (χ3v) is 2.71. The number of ether oxygens (including phenoxy) is 1. The highest BCUT2D eigenvalue weighted by atomic mass is 19.1. The number of hydrogen-bond donors (Lipinski definition) is 1. The number of benzene rings is 1. The summed E-state index contributed by atoms with van der Waals surface area (Å²) in [6, 6.07) is 6.40. The fourth-order valence-electron chi connectivity index (χ4n) is 1.65. The number of pyridine rings is 1. The molecule has 0 amide bonds. The molecule has 1 N–H and O–H groups in total. The van der Waals surface area contributed by atoms with E-state index in [1.165, 1.54) is 0 Å². The monoisotopic (exact) mass is 292 g/mol. The smallest absolute Gasteiger partial charge is 0.165 e. The maximum Gasteiger partial charge on any atom is 0.165 e. The minimum atomic E-state index is -0.609. The van der Waals surface area contributed by atoms with Gasteiger partial charge < -0.3 is 10.1 Å². The summed E-state index contributed by atoms with van der Waals surface area (Å²) in [6.45, 7) is 6.72. The maximum atomic E-state index is 13.5. The van der Waals surface area contributed by atoms with Gasteiger partial charge in [0.1, 0.15) is 11.6 Å². The third kappa shape index (κ3) is 4.79. The van der Waals surface area contributed by atoms with Crippen molar-refractivity contribution in [3.05, 3.63) is 53.9 Å². The van der Waals surface area contributed by atoms with Crippen LogP contribution in [0.1, 0.15) is 26.5 Å². The molecule has 21 heavy (non-hydrogen) atoms. The standard InChI is InChI=1S/C16H18F2N2O/c1-16(2,3)20-10-12-9-13(6-7-19-12)21-15-8-11(17)4-5-14(15)18/h4-9,20H,10H2,1-3H3. The number of aromatic nitrogens is 1. The zero-order chi connectivity index (χ0) is 15.5. The van der Waals surface area contributed by atoms with Gasteiger partial charge in [-0.2, -0.15) is 0 Å². The van der Waals surface area contributed by atoms with Crippen molar-refractivity contribution in [3.63, 3.8) is 0 Å². The molecule has 2 aromatic rings. The van der Waals surface area contributed by atoms with Gasteiger partial charge in [-0.15, -0.1) is 0 Å². The Bertz CT molecular complexity index is 624. The average molecular weight is 292 g/mol. The van der Waals surface area contributed by atoms with Gasteiger partial charge in [0, 0.05) is 30.4 Å². The highest BCUT2D eigenvalue weighted by Gasteiger charge is 2.10. The molecule has 0 aliphatic heterocycles. The summed E-state index contributed by atoms with van der Waals surface area (Å²) in [7, 11) is 0. The minimum Gasteiger partial charge on any atom is -0.454 e. The van der Waals surface area contributed by atoms with Crippen LogP contribution >= 0.6 is 0 Å². The van der Waals surface area contributed by atoms with E-state index in [9.17, 15) is 8.78 Å². The number of halogens is 2. The van der Waals surface area contributed by atoms with Gasteiger partial charge in [-0.05, 0) is 39.0 Å². The summed E-state index contributed by atoms with van der Waals surface area (Å²) < 4.78 is 32.0. The molecule has 1 heterocycles. The summed E-state index contributed by atoms with van der Waals surface area (Å²) in [5.41, 5.74) is 0.729. The van der Waals surface area contributed by atoms with E-state index in [4.69, 9.17) is 4.74 Å². The SMILES string of the molecule is CC(C)(C)NCc1cc(Oc2cc(F)ccc2F)ccn1. The van der Waals surface area contributed by atoms with Crippen LogP contribution in [0, 0.1) is 11.6 Å². The average Bonchev–Trinajstić information content (AvgIpc) is 2.40. The molecule has 0 aliphatic rings. The van der Waals surface area contributed by atoms with Gasteiger partial charge in [0.05, 0.1) is 5.69 Å². The summed E-state index contributed by atoms with van der Waals surface area (Å²) in [5.74, 6) is -0.881. The van der Waals surface area contributed by atoms with Crippen LogP contribution in [-0.4, -0.2) is 10.5 Å². The number of hydrogen-bond acceptors (Lipinski definition) is 3. The zero-order valence-electron chi connectivity index (χ0n) is 12.3. The first-order valence-electron chi connectivity index (χ1n) is 6.66. The first kappa shape index (κ1) is 15.4. The van der Waals surface area contributed by atoms with Crippen molar-refractivity contribution in [3.8, 4) is 11.5 Å². The molecule has 0 bridgehead atoms. The van der Waals surface area contributed by atoms with Crippen molar-refractivity contribution in [2.75, 3.05) is 0 Å². The lowest BCUT2D eigenvalue weighted by molar-refractivity contribution is 0.417. The van der Waals surface area contributed by atoms with E-state index >= 15 is 0 Å². The third-order valence-electron chi connectivity index (χ3n) is 2.71. The Labute approximate surface area is 123 Å². The van der Waals surface area contributed by atoms with Crippen LogP contribution in [0.25, 0.3) is 0 Å². The lowest BCUT2D eigenvalue weighted by Gasteiger charge is -2.20. The summed E-state index contributed by atoms with van der Waals surface area (Å²) >= 11 is 0. The van der Waals surface area contributed by atoms with Crippen molar-refractivity contribution in [1.82, 2.24) is 10.3 Å². The van der Waals surface area contributed by atoms with Gasteiger partial charge in [-0.1, -0.05) is 0 Å². The quantitative estimate of drug-likeness (QED) is 0.923. The molecular weight excluding hydrogens is 274 g/mol. The fourth-order valence-corrected chi connectivity index (χ4v) is 1.65. The number of rotatable bonds is 4. The van der Waals surface area contributed by atoms with Gasteiger partial charge in [-0.3, -0.25) is 4.98 Å². The van der Waals surface area contributed by atoms with Crippen LogP contribution in [-0.2, 0) is 6.54 Å². The Morgan fingerprint density at radius 3 is 2.62 bits per heavy atom. The highest BCUT2D eigenvalue weighted by molar-refractivity contribution is 5.32. The lowest BCUT2D eigenvalue weighted by Crippen LogP contribution is -2.35. The molecule has 112 valence electrons. The highest BCUT2D eigenvalue weighted by Crippen LogP contribution is 2.25. The van der Waals surface area contributed by atoms with Crippen molar-refractivity contribution in [2.45, 2.75) is 32.9 Å². The molecule has 1 aromatic heterocycles. The molecule has 0 atom stereocenters. The minimum absolute atomic E-state index is 0.0345. The van der Waals surface area contributed by atoms with Gasteiger partial charge >= 0.3 is 0 Å². The molecule has 3 nitrogen and oxygen atoms in total. The molecule has 0 saturated heterocycles. The van der Waals surface area contributed by atoms with E-state index in [0.29, 0.717) is 12.3 Å². The number of nitrogens with zero attached hydrogens (tertiary/aromatic N) is 1. The topological polar surface area (TPSA) is 34.1 Å². The molecule has 0 unspecified atom stereocenters. The maximum absolute atomic E-state index is 13.5. The van der Waals surface area contributed by atoms with Crippen LogP contribution in [0.15, 0.2) is 36.5 Å². The normalized spacial score (nSPS) is 11.5. The second-order valence-electron chi connectivity index (χ2n) is 5.76. The summed E-state index contributed by atoms with van der Waals surface area (Å²) in [4.78, 5) is 4.21. The second-order valence-corrected chi connectivity index (χ2v) is 5.76. The van der Waals surface area contributed by atoms with Crippen molar-refractivity contribution in [1.29, 1.82) is 0 Å². The molecular formula is C16H18F2N2O. The molecule has 0 radical (unpaired) electrons. The predicted octanol–water partition coefficient (Wildman–Crippen LogP) is 4.04. The van der Waals surface area contributed by atoms with Gasteiger partial charge in [0.2, 0.25) is 0 Å². The Balaban J connectivity index is 2.12. The zero-order valence-corrected chi connectivity index (χ0v) is 12.3. The lowest BCUT2D eigenvalue weighted by atomic mass is 10.1. The molecule has 0 fully saturated rings. The van der Waals surface area contributed by atoms with Crippen LogP contribution in [0.3, 0.4) is 0 Å². The van der Waals surface area contributed by atoms with Crippen LogP contribution in [0.2, 0.25) is 0 Å². The summed E-state index contributed by atoms with van der Waals surface area (Å²) in [6.07, 6.45) is 1.58. The second kappa shape index (κ2) is 6.18. The first-order chi connectivity index (χ1) is 9.83. The van der Waals surface area contributed by atoms with E-state index in [2.05, 4.69) is 31.1 Å². The summed E-state index contributed by atoms with van der Waals surface area (Å²) in [5, 5.41) is 3.30. The van der Waals surface area contributed by atoms with Gasteiger partial charge in [-0.25, -0.2) is 8.78 Å². The van der Waals surface area contributed by atoms with E-state index in [1.54, 1.807) is 18.3 Å². The van der Waals surface area contributed by atoms with Crippen molar-refractivity contribution >= 4 is 0 Å². The molecule has 0 spiro atoms. The molecule has 2 rings (SSSR count). The van der Waals surface area contributed by atoms with E-state index < -0.39 is 11.6 Å². The van der Waals surface area contributed by atoms with Crippen molar-refractivity contribution < 1.29 is 13.5 Å². The Morgan fingerprint density at radius 1 is 1.14 bits per heavy atom. The van der Waals surface area contributed by atoms with Crippen LogP contribution in [0.5, 0.6) is 11.5 Å². The van der Waals surface area contributed by atoms with Gasteiger partial charge in [0.25, 0.3) is 0 Å². The van der Waals surface area contributed by atoms with E-state index in [0.717, 1.165) is 23.9 Å². The molecule has 5 heteroatoms. The van der Waals surface area contributed by atoms with Crippen molar-refractivity contribution in [2.24, 2.45) is 0 Å². The molecule has 0 aliphatic carbocycles. The van der Waals surface area contributed by atoms with Gasteiger partial charge in [0.15, 0.2) is 11.6 Å². The Morgan fingerprint density at radius 2 is 1.90 bits per heavy atom. The largest absolute Gasteiger partial charge is 0.454 e.